The molecule has 0 bridgehead atoms. The molecule has 10 heavy (non-hydrogen) atoms. The van der Waals surface area contributed by atoms with Crippen molar-refractivity contribution in [2.75, 3.05) is 20.1 Å². The van der Waals surface area contributed by atoms with E-state index in [2.05, 4.69) is 25.5 Å². The molecule has 60 valence electrons. The van der Waals surface area contributed by atoms with Crippen molar-refractivity contribution < 1.29 is 5.11 Å². The third-order valence-corrected chi connectivity index (χ3v) is 1.50. The topological polar surface area (TPSA) is 23.5 Å². The summed E-state index contributed by atoms with van der Waals surface area (Å²) < 4.78 is 0. The largest absolute Gasteiger partial charge is 0.384 e. The monoisotopic (exact) mass is 143 g/mol. The van der Waals surface area contributed by atoms with Crippen molar-refractivity contribution >= 4 is 0 Å². The Balaban J connectivity index is 3.00. The van der Waals surface area contributed by atoms with Crippen LogP contribution in [0.25, 0.3) is 0 Å². The van der Waals surface area contributed by atoms with Crippen LogP contribution in [-0.2, 0) is 0 Å². The first-order valence-electron chi connectivity index (χ1n) is 3.86. The highest BCUT2D eigenvalue weighted by molar-refractivity contribution is 4.54. The fourth-order valence-corrected chi connectivity index (χ4v) is 0.781. The molecule has 0 amide bonds. The van der Waals surface area contributed by atoms with Crippen LogP contribution >= 0.6 is 0 Å². The van der Waals surface area contributed by atoms with Crippen LogP contribution in [0.1, 0.15) is 26.2 Å². The van der Waals surface area contributed by atoms with E-state index in [0.717, 1.165) is 13.1 Å². The number of hydrogen-bond acceptors (Lipinski definition) is 2. The quantitative estimate of drug-likeness (QED) is 0.609. The molecule has 2 nitrogen and oxygen atoms in total. The second-order valence-electron chi connectivity index (χ2n) is 2.56. The second-order valence-corrected chi connectivity index (χ2v) is 2.56. The molecule has 0 atom stereocenters. The fraction of sp³-hybridized carbons (Fsp3) is 0.875. The van der Waals surface area contributed by atoms with Crippen LogP contribution in [0.2, 0.25) is 0 Å². The van der Waals surface area contributed by atoms with Crippen molar-refractivity contribution in [1.29, 1.82) is 0 Å². The van der Waals surface area contributed by atoms with Crippen molar-refractivity contribution in [2.45, 2.75) is 26.2 Å². The summed E-state index contributed by atoms with van der Waals surface area (Å²) >= 11 is 0. The third kappa shape index (κ3) is 6.05. The summed E-state index contributed by atoms with van der Waals surface area (Å²) in [6.07, 6.45) is 3.12. The van der Waals surface area contributed by atoms with Gasteiger partial charge in [0.15, 0.2) is 0 Å². The van der Waals surface area contributed by atoms with Crippen LogP contribution in [-0.4, -0.2) is 30.1 Å². The first-order chi connectivity index (χ1) is 4.81. The summed E-state index contributed by atoms with van der Waals surface area (Å²) in [5, 5.41) is 8.26. The van der Waals surface area contributed by atoms with Gasteiger partial charge in [-0.15, -0.1) is 0 Å². The van der Waals surface area contributed by atoms with Gasteiger partial charge in [-0.3, -0.25) is 0 Å². The predicted octanol–water partition coefficient (Wildman–Crippen LogP) is 1.52. The number of nitrogens with zero attached hydrogens (tertiary/aromatic N) is 1. The molecule has 0 aromatic heterocycles. The molecule has 0 aliphatic heterocycles. The highest BCUT2D eigenvalue weighted by atomic mass is 16.3. The minimum Gasteiger partial charge on any atom is -0.384 e. The Morgan fingerprint density at radius 2 is 2.10 bits per heavy atom. The van der Waals surface area contributed by atoms with Crippen molar-refractivity contribution in [3.05, 3.63) is 6.61 Å². The Hall–Kier alpha value is -0.0800. The number of rotatable bonds is 6. The lowest BCUT2D eigenvalue weighted by Crippen LogP contribution is -2.20. The number of hydrogen-bond donors (Lipinski definition) is 1. The van der Waals surface area contributed by atoms with E-state index in [0.29, 0.717) is 6.42 Å². The Bertz CT molecular complexity index is 58.3. The first-order valence-corrected chi connectivity index (χ1v) is 3.86. The summed E-state index contributed by atoms with van der Waals surface area (Å²) in [4.78, 5) is 2.20. The van der Waals surface area contributed by atoms with Crippen LogP contribution in [0.4, 0.5) is 0 Å². The van der Waals surface area contributed by atoms with Gasteiger partial charge >= 0.3 is 0 Å². The lowest BCUT2D eigenvalue weighted by molar-refractivity contribution is 0.294. The maximum absolute atomic E-state index is 8.26. The third-order valence-electron chi connectivity index (χ3n) is 1.50. The van der Waals surface area contributed by atoms with Gasteiger partial charge in [-0.2, -0.15) is 0 Å². The van der Waals surface area contributed by atoms with Crippen molar-refractivity contribution in [1.82, 2.24) is 4.90 Å². The summed E-state index contributed by atoms with van der Waals surface area (Å²) in [7, 11) is 2.06. The van der Waals surface area contributed by atoms with E-state index in [-0.39, 0.29) is 0 Å². The Morgan fingerprint density at radius 3 is 2.60 bits per heavy atom. The van der Waals surface area contributed by atoms with E-state index in [4.69, 9.17) is 5.11 Å². The van der Waals surface area contributed by atoms with Crippen molar-refractivity contribution in [2.24, 2.45) is 0 Å². The standard InChI is InChI=1S/C8H17NO/c1-3-4-6-9(2)7-5-8-10/h10H,3-7H2,1-2H3. The van der Waals surface area contributed by atoms with Gasteiger partial charge in [-0.25, -0.2) is 0 Å². The van der Waals surface area contributed by atoms with Gasteiger partial charge in [0.1, 0.15) is 6.61 Å². The molecule has 2 radical (unpaired) electrons. The zero-order chi connectivity index (χ0) is 7.82. The number of aliphatic hydroxyl groups is 1. The molecule has 0 unspecified atom stereocenters. The molecule has 0 saturated carbocycles. The van der Waals surface area contributed by atoms with E-state index in [1.165, 1.54) is 12.8 Å². The smallest absolute Gasteiger partial charge is 0.129 e. The van der Waals surface area contributed by atoms with Gasteiger partial charge < -0.3 is 10.0 Å². The molecular formula is C8H17NO. The molecule has 0 heterocycles. The SMILES string of the molecule is CCCCN(C)CC[C]O. The highest BCUT2D eigenvalue weighted by Gasteiger charge is 1.95. The van der Waals surface area contributed by atoms with Crippen molar-refractivity contribution in [3.8, 4) is 0 Å². The molecular weight excluding hydrogens is 126 g/mol. The molecule has 0 rings (SSSR count). The Kier molecular flexibility index (Phi) is 6.98. The van der Waals surface area contributed by atoms with Crippen molar-refractivity contribution in [3.63, 3.8) is 0 Å². The Labute approximate surface area is 63.8 Å². The minimum atomic E-state index is 0.653. The summed E-state index contributed by atoms with van der Waals surface area (Å²) in [5.41, 5.74) is 0. The van der Waals surface area contributed by atoms with Gasteiger partial charge in [0.2, 0.25) is 0 Å². The van der Waals surface area contributed by atoms with Crippen LogP contribution in [0.15, 0.2) is 0 Å². The van der Waals surface area contributed by atoms with Crippen LogP contribution in [0.3, 0.4) is 0 Å². The zero-order valence-corrected chi connectivity index (χ0v) is 6.93. The highest BCUT2D eigenvalue weighted by Crippen LogP contribution is 1.93. The summed E-state index contributed by atoms with van der Waals surface area (Å²) in [6, 6.07) is 0. The molecule has 0 spiro atoms. The van der Waals surface area contributed by atoms with Gasteiger partial charge in [0.05, 0.1) is 0 Å². The first kappa shape index (κ1) is 9.92. The van der Waals surface area contributed by atoms with E-state index < -0.39 is 0 Å². The fourth-order valence-electron chi connectivity index (χ4n) is 0.781. The molecule has 0 fully saturated rings. The average Bonchev–Trinajstić information content (AvgIpc) is 1.97. The van der Waals surface area contributed by atoms with Gasteiger partial charge in [-0.05, 0) is 26.4 Å². The van der Waals surface area contributed by atoms with E-state index >= 15 is 0 Å². The van der Waals surface area contributed by atoms with Gasteiger partial charge in [0.25, 0.3) is 0 Å². The molecule has 0 aliphatic carbocycles. The number of unbranched alkanes of at least 4 members (excludes halogenated alkanes) is 1. The van der Waals surface area contributed by atoms with Crippen LogP contribution < -0.4 is 0 Å². The molecule has 0 saturated heterocycles. The van der Waals surface area contributed by atoms with E-state index in [1.54, 1.807) is 0 Å². The number of aliphatic hydroxyl groups excluding tert-OH is 1. The Morgan fingerprint density at radius 1 is 1.40 bits per heavy atom. The average molecular weight is 143 g/mol. The van der Waals surface area contributed by atoms with E-state index in [1.807, 2.05) is 0 Å². The summed E-state index contributed by atoms with van der Waals surface area (Å²) in [6.45, 7) is 6.35. The van der Waals surface area contributed by atoms with Crippen LogP contribution in [0, 0.1) is 6.61 Å². The summed E-state index contributed by atoms with van der Waals surface area (Å²) in [5.74, 6) is 0. The van der Waals surface area contributed by atoms with Crippen LogP contribution in [0.5, 0.6) is 0 Å². The normalized spacial score (nSPS) is 10.8. The maximum atomic E-state index is 8.26. The lowest BCUT2D eigenvalue weighted by Gasteiger charge is -2.14. The molecule has 0 aliphatic rings. The maximum Gasteiger partial charge on any atom is 0.129 e. The minimum absolute atomic E-state index is 0.653. The van der Waals surface area contributed by atoms with Gasteiger partial charge in [-0.1, -0.05) is 13.3 Å². The zero-order valence-electron chi connectivity index (χ0n) is 6.93. The van der Waals surface area contributed by atoms with E-state index in [9.17, 15) is 0 Å². The lowest BCUT2D eigenvalue weighted by atomic mass is 10.3. The second kappa shape index (κ2) is 7.03. The predicted molar refractivity (Wildman–Crippen MR) is 42.2 cm³/mol. The van der Waals surface area contributed by atoms with Gasteiger partial charge in [0, 0.05) is 6.54 Å². The molecule has 0 aromatic rings. The molecule has 1 N–H and O–H groups in total. The molecule has 0 aromatic carbocycles. The molecule has 2 heteroatoms.